The van der Waals surface area contributed by atoms with Gasteiger partial charge in [-0.15, -0.1) is 11.3 Å². The van der Waals surface area contributed by atoms with Gasteiger partial charge < -0.3 is 10.1 Å². The second-order valence-corrected chi connectivity index (χ2v) is 12.7. The SMILES string of the molecule is CC1=Nc2c(Nc3ccc(-c4ncc(C)s4)cc3S(C)(=O)=O)cc(Cc3cc4n(n3)CCOC4)nc2C1. The number of ether oxygens (including phenoxy) is 1. The summed E-state index contributed by atoms with van der Waals surface area (Å²) in [7, 11) is -3.52. The number of aromatic nitrogens is 4. The summed E-state index contributed by atoms with van der Waals surface area (Å²) in [5, 5.41) is 8.87. The number of thiazole rings is 1. The van der Waals surface area contributed by atoms with Gasteiger partial charge in [-0.1, -0.05) is 0 Å². The Morgan fingerprint density at radius 2 is 2.00 bits per heavy atom. The van der Waals surface area contributed by atoms with Crippen LogP contribution in [0.25, 0.3) is 10.6 Å². The lowest BCUT2D eigenvalue weighted by atomic mass is 10.1. The fourth-order valence-electron chi connectivity index (χ4n) is 4.68. The van der Waals surface area contributed by atoms with Crippen molar-refractivity contribution in [2.45, 2.75) is 44.7 Å². The van der Waals surface area contributed by atoms with E-state index in [-0.39, 0.29) is 4.90 Å². The molecule has 2 aliphatic heterocycles. The molecule has 11 heteroatoms. The Morgan fingerprint density at radius 3 is 2.76 bits per heavy atom. The average molecular weight is 535 g/mol. The number of hydrogen-bond donors (Lipinski definition) is 1. The number of aryl methyl sites for hydroxylation is 1. The van der Waals surface area contributed by atoms with Crippen LogP contribution in [0.5, 0.6) is 0 Å². The van der Waals surface area contributed by atoms with Gasteiger partial charge in [-0.3, -0.25) is 14.7 Å². The number of hydrogen-bond acceptors (Lipinski definition) is 9. The normalized spacial score (nSPS) is 14.8. The maximum absolute atomic E-state index is 12.8. The second kappa shape index (κ2) is 9.16. The van der Waals surface area contributed by atoms with Crippen molar-refractivity contribution in [2.24, 2.45) is 4.99 Å². The Morgan fingerprint density at radius 1 is 1.14 bits per heavy atom. The van der Waals surface area contributed by atoms with Gasteiger partial charge in [0.05, 0.1) is 53.1 Å². The Bertz CT molecular complexity index is 1650. The number of nitrogens with zero attached hydrogens (tertiary/aromatic N) is 5. The number of sulfone groups is 1. The molecule has 5 heterocycles. The number of fused-ring (bicyclic) bond motifs is 2. The molecule has 1 N–H and O–H groups in total. The first-order valence-corrected chi connectivity index (χ1v) is 14.7. The fourth-order valence-corrected chi connectivity index (χ4v) is 6.30. The highest BCUT2D eigenvalue weighted by atomic mass is 32.2. The van der Waals surface area contributed by atoms with Gasteiger partial charge in [0.25, 0.3) is 0 Å². The Hall–Kier alpha value is -3.41. The van der Waals surface area contributed by atoms with Crippen molar-refractivity contribution in [3.63, 3.8) is 0 Å². The summed E-state index contributed by atoms with van der Waals surface area (Å²) >= 11 is 1.53. The van der Waals surface area contributed by atoms with E-state index in [9.17, 15) is 8.42 Å². The lowest BCUT2D eigenvalue weighted by Crippen LogP contribution is -2.16. The zero-order valence-electron chi connectivity index (χ0n) is 20.8. The third-order valence-corrected chi connectivity index (χ3v) is 8.43. The topological polar surface area (TPSA) is 111 Å². The summed E-state index contributed by atoms with van der Waals surface area (Å²) in [5.41, 5.74) is 7.42. The molecule has 0 unspecified atom stereocenters. The molecule has 2 aliphatic rings. The van der Waals surface area contributed by atoms with Crippen LogP contribution in [-0.4, -0.2) is 46.7 Å². The van der Waals surface area contributed by atoms with E-state index >= 15 is 0 Å². The van der Waals surface area contributed by atoms with Crippen LogP contribution in [0.3, 0.4) is 0 Å². The second-order valence-electron chi connectivity index (χ2n) is 9.44. The standard InChI is InChI=1S/C26H26N6O3S2/c1-15-8-22-25(28-15)23(12-18(29-22)10-19-11-20-14-35-7-6-32(20)31-19)30-21-5-4-17(9-24(21)37(3,33)34)26-27-13-16(2)36-26/h4-5,9,11-13H,6-8,10,14H2,1-3H3,(H,29,30). The van der Waals surface area contributed by atoms with Crippen LogP contribution in [0.1, 0.15) is 34.6 Å². The van der Waals surface area contributed by atoms with E-state index in [2.05, 4.69) is 16.4 Å². The molecule has 190 valence electrons. The molecule has 0 atom stereocenters. The summed E-state index contributed by atoms with van der Waals surface area (Å²) in [6.07, 6.45) is 4.23. The number of pyridine rings is 1. The molecule has 37 heavy (non-hydrogen) atoms. The highest BCUT2D eigenvalue weighted by molar-refractivity contribution is 7.90. The molecule has 0 aliphatic carbocycles. The summed E-state index contributed by atoms with van der Waals surface area (Å²) in [6, 6.07) is 9.38. The van der Waals surface area contributed by atoms with E-state index in [1.54, 1.807) is 18.3 Å². The summed E-state index contributed by atoms with van der Waals surface area (Å²) in [4.78, 5) is 15.3. The van der Waals surface area contributed by atoms with Gasteiger partial charge in [-0.05, 0) is 44.2 Å². The smallest absolute Gasteiger partial charge is 0.177 e. The molecule has 3 aromatic heterocycles. The maximum Gasteiger partial charge on any atom is 0.177 e. The van der Waals surface area contributed by atoms with Crippen molar-refractivity contribution in [2.75, 3.05) is 18.2 Å². The first kappa shape index (κ1) is 24.0. The Balaban J connectivity index is 1.38. The largest absolute Gasteiger partial charge is 0.373 e. The number of rotatable bonds is 6. The average Bonchev–Trinajstić information content (AvgIpc) is 3.56. The van der Waals surface area contributed by atoms with Crippen LogP contribution < -0.4 is 5.32 Å². The van der Waals surface area contributed by atoms with Crippen molar-refractivity contribution in [3.8, 4) is 10.6 Å². The van der Waals surface area contributed by atoms with E-state index in [1.165, 1.54) is 17.6 Å². The lowest BCUT2D eigenvalue weighted by molar-refractivity contribution is 0.0800. The molecular weight excluding hydrogens is 508 g/mol. The summed E-state index contributed by atoms with van der Waals surface area (Å²) < 4.78 is 33.1. The van der Waals surface area contributed by atoms with Crippen molar-refractivity contribution in [1.82, 2.24) is 19.7 Å². The number of benzene rings is 1. The molecule has 0 fully saturated rings. The molecule has 0 saturated carbocycles. The van der Waals surface area contributed by atoms with Crippen LogP contribution in [0.4, 0.5) is 17.1 Å². The van der Waals surface area contributed by atoms with E-state index < -0.39 is 9.84 Å². The van der Waals surface area contributed by atoms with E-state index in [0.717, 1.165) is 61.9 Å². The maximum atomic E-state index is 12.8. The van der Waals surface area contributed by atoms with Gasteiger partial charge in [-0.2, -0.15) is 5.10 Å². The number of aliphatic imine (C=N–C) groups is 1. The van der Waals surface area contributed by atoms with Crippen molar-refractivity contribution in [1.29, 1.82) is 0 Å². The van der Waals surface area contributed by atoms with Gasteiger partial charge in [0, 0.05) is 47.1 Å². The molecule has 4 aromatic rings. The third-order valence-electron chi connectivity index (χ3n) is 6.34. The molecule has 0 radical (unpaired) electrons. The van der Waals surface area contributed by atoms with E-state index in [1.807, 2.05) is 30.7 Å². The molecular formula is C26H26N6O3S2. The molecule has 9 nitrogen and oxygen atoms in total. The predicted octanol–water partition coefficient (Wildman–Crippen LogP) is 4.63. The van der Waals surface area contributed by atoms with E-state index in [0.29, 0.717) is 31.7 Å². The minimum Gasteiger partial charge on any atom is -0.373 e. The summed E-state index contributed by atoms with van der Waals surface area (Å²) in [6.45, 7) is 5.93. The zero-order valence-corrected chi connectivity index (χ0v) is 22.4. The van der Waals surface area contributed by atoms with Crippen LogP contribution in [0.2, 0.25) is 0 Å². The highest BCUT2D eigenvalue weighted by Crippen LogP contribution is 2.39. The monoisotopic (exact) mass is 534 g/mol. The number of nitrogens with one attached hydrogen (secondary N) is 1. The van der Waals surface area contributed by atoms with Crippen LogP contribution in [-0.2, 0) is 40.6 Å². The first-order valence-electron chi connectivity index (χ1n) is 12.0. The molecule has 6 rings (SSSR count). The van der Waals surface area contributed by atoms with Crippen LogP contribution in [0.15, 0.2) is 46.4 Å². The van der Waals surface area contributed by atoms with Crippen LogP contribution >= 0.6 is 11.3 Å². The minimum absolute atomic E-state index is 0.213. The molecule has 1 aromatic carbocycles. The molecule has 0 saturated heterocycles. The molecule has 0 amide bonds. The van der Waals surface area contributed by atoms with Gasteiger partial charge >= 0.3 is 0 Å². The molecule has 0 spiro atoms. The predicted molar refractivity (Wildman–Crippen MR) is 144 cm³/mol. The van der Waals surface area contributed by atoms with Crippen molar-refractivity contribution in [3.05, 3.63) is 64.2 Å². The van der Waals surface area contributed by atoms with Gasteiger partial charge in [0.2, 0.25) is 0 Å². The van der Waals surface area contributed by atoms with Crippen LogP contribution in [0, 0.1) is 6.92 Å². The van der Waals surface area contributed by atoms with Crippen molar-refractivity contribution < 1.29 is 13.2 Å². The third kappa shape index (κ3) is 4.81. The quantitative estimate of drug-likeness (QED) is 0.384. The van der Waals surface area contributed by atoms with Crippen molar-refractivity contribution >= 4 is 43.9 Å². The Labute approximate surface area is 219 Å². The first-order chi connectivity index (χ1) is 17.7. The van der Waals surface area contributed by atoms with E-state index in [4.69, 9.17) is 19.8 Å². The molecule has 0 bridgehead atoms. The highest BCUT2D eigenvalue weighted by Gasteiger charge is 2.23. The Kier molecular flexibility index (Phi) is 5.93. The zero-order chi connectivity index (χ0) is 25.7. The van der Waals surface area contributed by atoms with Gasteiger partial charge in [0.15, 0.2) is 9.84 Å². The fraction of sp³-hybridized carbons (Fsp3) is 0.308. The summed E-state index contributed by atoms with van der Waals surface area (Å²) in [5.74, 6) is 0. The minimum atomic E-state index is -3.52. The van der Waals surface area contributed by atoms with Gasteiger partial charge in [-0.25, -0.2) is 13.4 Å². The lowest BCUT2D eigenvalue weighted by Gasteiger charge is -2.15. The number of anilines is 2. The van der Waals surface area contributed by atoms with Gasteiger partial charge in [0.1, 0.15) is 10.7 Å².